The molecule has 2 amide bonds. The van der Waals surface area contributed by atoms with Gasteiger partial charge in [-0.2, -0.15) is 4.99 Å². The molecule has 3 N–H and O–H groups in total. The first-order valence-electron chi connectivity index (χ1n) is 5.65. The molecule has 0 fully saturated rings. The first-order valence-corrected chi connectivity index (χ1v) is 5.65. The summed E-state index contributed by atoms with van der Waals surface area (Å²) >= 11 is 0. The van der Waals surface area contributed by atoms with E-state index in [9.17, 15) is 9.59 Å². The summed E-state index contributed by atoms with van der Waals surface area (Å²) in [7, 11) is 0. The van der Waals surface area contributed by atoms with Gasteiger partial charge in [-0.3, -0.25) is 9.59 Å². The molecule has 0 aromatic heterocycles. The minimum Gasteiger partial charge on any atom is -0.328 e. The standard InChI is InChI=1S/C11H19N3O2/c1-4-11(5-2)9(15)13-8(6-7(3)12)14-10(11)16/h7H,4-6,12H2,1-3H3,(H,13,14,15,16). The summed E-state index contributed by atoms with van der Waals surface area (Å²) in [4.78, 5) is 27.8. The normalized spacial score (nSPS) is 21.4. The van der Waals surface area contributed by atoms with Crippen molar-refractivity contribution in [2.24, 2.45) is 16.1 Å². The van der Waals surface area contributed by atoms with Crippen LogP contribution in [-0.4, -0.2) is 23.7 Å². The summed E-state index contributed by atoms with van der Waals surface area (Å²) in [5.74, 6) is -0.187. The lowest BCUT2D eigenvalue weighted by atomic mass is 9.79. The second kappa shape index (κ2) is 4.74. The van der Waals surface area contributed by atoms with Gasteiger partial charge in [0.1, 0.15) is 11.3 Å². The number of carbonyl (C=O) groups is 2. The Bertz CT molecular complexity index is 330. The number of carbonyl (C=O) groups excluding carboxylic acids is 2. The number of amides is 2. The summed E-state index contributed by atoms with van der Waals surface area (Å²) in [6.45, 7) is 5.46. The van der Waals surface area contributed by atoms with Gasteiger partial charge >= 0.3 is 0 Å². The second-order valence-corrected chi connectivity index (χ2v) is 4.29. The number of hydrogen-bond acceptors (Lipinski definition) is 3. The van der Waals surface area contributed by atoms with Crippen LogP contribution in [0.25, 0.3) is 0 Å². The summed E-state index contributed by atoms with van der Waals surface area (Å²) < 4.78 is 0. The van der Waals surface area contributed by atoms with E-state index < -0.39 is 5.41 Å². The maximum Gasteiger partial charge on any atom is 0.263 e. The van der Waals surface area contributed by atoms with Crippen LogP contribution in [0.2, 0.25) is 0 Å². The van der Waals surface area contributed by atoms with Gasteiger partial charge in [0.25, 0.3) is 5.91 Å². The third-order valence-electron chi connectivity index (χ3n) is 3.06. The average Bonchev–Trinajstić information content (AvgIpc) is 2.17. The van der Waals surface area contributed by atoms with Crippen LogP contribution in [0, 0.1) is 5.41 Å². The molecule has 0 saturated heterocycles. The molecule has 5 heteroatoms. The number of rotatable bonds is 4. The van der Waals surface area contributed by atoms with E-state index in [0.29, 0.717) is 25.1 Å². The van der Waals surface area contributed by atoms with Gasteiger partial charge in [-0.1, -0.05) is 13.8 Å². The van der Waals surface area contributed by atoms with Gasteiger partial charge in [0, 0.05) is 12.5 Å². The number of amidine groups is 1. The topological polar surface area (TPSA) is 84.6 Å². The fourth-order valence-electron chi connectivity index (χ4n) is 1.88. The molecule has 0 radical (unpaired) electrons. The Kier molecular flexibility index (Phi) is 3.80. The van der Waals surface area contributed by atoms with Gasteiger partial charge in [-0.05, 0) is 19.8 Å². The fourth-order valence-corrected chi connectivity index (χ4v) is 1.88. The highest BCUT2D eigenvalue weighted by atomic mass is 16.2. The largest absolute Gasteiger partial charge is 0.328 e. The number of aliphatic imine (C=N–C) groups is 1. The fraction of sp³-hybridized carbons (Fsp3) is 0.727. The Balaban J connectivity index is 2.97. The molecule has 5 nitrogen and oxygen atoms in total. The highest BCUT2D eigenvalue weighted by Gasteiger charge is 2.45. The Morgan fingerprint density at radius 1 is 1.38 bits per heavy atom. The molecule has 1 aliphatic heterocycles. The van der Waals surface area contributed by atoms with Crippen LogP contribution >= 0.6 is 0 Å². The van der Waals surface area contributed by atoms with E-state index in [2.05, 4.69) is 10.3 Å². The molecule has 0 aliphatic carbocycles. The number of hydrogen-bond donors (Lipinski definition) is 2. The summed E-state index contributed by atoms with van der Waals surface area (Å²) in [6.07, 6.45) is 1.37. The molecule has 16 heavy (non-hydrogen) atoms. The predicted octanol–water partition coefficient (Wildman–Crippen LogP) is 0.585. The van der Waals surface area contributed by atoms with E-state index in [1.807, 2.05) is 13.8 Å². The third-order valence-corrected chi connectivity index (χ3v) is 3.06. The average molecular weight is 225 g/mol. The van der Waals surface area contributed by atoms with Gasteiger partial charge in [0.15, 0.2) is 0 Å². The van der Waals surface area contributed by atoms with E-state index in [0.717, 1.165) is 0 Å². The zero-order chi connectivity index (χ0) is 12.3. The molecule has 1 rings (SSSR count). The minimum atomic E-state index is -0.971. The van der Waals surface area contributed by atoms with Crippen LogP contribution in [0.1, 0.15) is 40.0 Å². The summed E-state index contributed by atoms with van der Waals surface area (Å²) in [5.41, 5.74) is 4.63. The van der Waals surface area contributed by atoms with Gasteiger partial charge in [0.05, 0.1) is 0 Å². The summed E-state index contributed by atoms with van der Waals surface area (Å²) in [6, 6.07) is -0.123. The number of nitrogens with one attached hydrogen (secondary N) is 1. The van der Waals surface area contributed by atoms with E-state index in [1.54, 1.807) is 6.92 Å². The lowest BCUT2D eigenvalue weighted by Crippen LogP contribution is -2.52. The maximum atomic E-state index is 11.9. The van der Waals surface area contributed by atoms with Crippen molar-refractivity contribution in [3.63, 3.8) is 0 Å². The molecule has 0 aromatic rings. The Labute approximate surface area is 95.5 Å². The van der Waals surface area contributed by atoms with E-state index >= 15 is 0 Å². The molecule has 0 aromatic carbocycles. The predicted molar refractivity (Wildman–Crippen MR) is 61.9 cm³/mol. The van der Waals surface area contributed by atoms with Gasteiger partial charge in [-0.15, -0.1) is 0 Å². The maximum absolute atomic E-state index is 11.9. The van der Waals surface area contributed by atoms with Crippen molar-refractivity contribution < 1.29 is 9.59 Å². The van der Waals surface area contributed by atoms with Crippen LogP contribution in [-0.2, 0) is 9.59 Å². The van der Waals surface area contributed by atoms with Crippen molar-refractivity contribution in [2.75, 3.05) is 0 Å². The lowest BCUT2D eigenvalue weighted by molar-refractivity contribution is -0.142. The highest BCUT2D eigenvalue weighted by Crippen LogP contribution is 2.30. The smallest absolute Gasteiger partial charge is 0.263 e. The van der Waals surface area contributed by atoms with Crippen LogP contribution in [0.4, 0.5) is 0 Å². The summed E-state index contributed by atoms with van der Waals surface area (Å²) in [5, 5.41) is 2.68. The van der Waals surface area contributed by atoms with E-state index in [4.69, 9.17) is 5.73 Å². The molecule has 1 aliphatic rings. The van der Waals surface area contributed by atoms with E-state index in [1.165, 1.54) is 0 Å². The highest BCUT2D eigenvalue weighted by molar-refractivity contribution is 6.18. The molecule has 1 unspecified atom stereocenters. The van der Waals surface area contributed by atoms with E-state index in [-0.39, 0.29) is 17.9 Å². The van der Waals surface area contributed by atoms with Crippen molar-refractivity contribution in [3.8, 4) is 0 Å². The monoisotopic (exact) mass is 225 g/mol. The SMILES string of the molecule is CCC1(CC)C(=O)N=C(CC(C)N)NC1=O. The van der Waals surface area contributed by atoms with Gasteiger partial charge in [0.2, 0.25) is 5.91 Å². The van der Waals surface area contributed by atoms with Gasteiger partial charge in [-0.25, -0.2) is 0 Å². The van der Waals surface area contributed by atoms with Gasteiger partial charge < -0.3 is 11.1 Å². The minimum absolute atomic E-state index is 0.123. The Morgan fingerprint density at radius 3 is 2.31 bits per heavy atom. The van der Waals surface area contributed by atoms with Crippen molar-refractivity contribution in [1.29, 1.82) is 0 Å². The Hall–Kier alpha value is -1.23. The number of nitrogens with two attached hydrogens (primary N) is 1. The van der Waals surface area contributed by atoms with Crippen LogP contribution in [0.15, 0.2) is 4.99 Å². The zero-order valence-electron chi connectivity index (χ0n) is 10.0. The van der Waals surface area contributed by atoms with Crippen molar-refractivity contribution in [2.45, 2.75) is 46.1 Å². The molecular weight excluding hydrogens is 206 g/mol. The van der Waals surface area contributed by atoms with Crippen molar-refractivity contribution >= 4 is 17.6 Å². The molecule has 0 saturated carbocycles. The molecule has 90 valence electrons. The number of nitrogens with zero attached hydrogens (tertiary/aromatic N) is 1. The van der Waals surface area contributed by atoms with Crippen LogP contribution < -0.4 is 11.1 Å². The lowest BCUT2D eigenvalue weighted by Gasteiger charge is -2.31. The molecule has 0 bridgehead atoms. The first kappa shape index (κ1) is 12.8. The third kappa shape index (κ3) is 2.14. The quantitative estimate of drug-likeness (QED) is 0.686. The first-order chi connectivity index (χ1) is 7.46. The van der Waals surface area contributed by atoms with Crippen molar-refractivity contribution in [1.82, 2.24) is 5.32 Å². The van der Waals surface area contributed by atoms with Crippen LogP contribution in [0.5, 0.6) is 0 Å². The Morgan fingerprint density at radius 2 is 1.94 bits per heavy atom. The van der Waals surface area contributed by atoms with Crippen molar-refractivity contribution in [3.05, 3.63) is 0 Å². The molecule has 1 heterocycles. The molecule has 0 spiro atoms. The molecule has 1 atom stereocenters. The molecular formula is C11H19N3O2. The second-order valence-electron chi connectivity index (χ2n) is 4.29. The van der Waals surface area contributed by atoms with Crippen LogP contribution in [0.3, 0.4) is 0 Å². The zero-order valence-corrected chi connectivity index (χ0v) is 10.0.